The molecule has 0 bridgehead atoms. The molecule has 1 aliphatic rings. The van der Waals surface area contributed by atoms with Gasteiger partial charge < -0.3 is 5.32 Å². The molecule has 0 aromatic carbocycles. The van der Waals surface area contributed by atoms with Gasteiger partial charge in [0.05, 0.1) is 16.0 Å². The molecule has 2 atom stereocenters. The highest BCUT2D eigenvalue weighted by Crippen LogP contribution is 2.16. The average Bonchev–Trinajstić information content (AvgIpc) is 2.69. The lowest BCUT2D eigenvalue weighted by molar-refractivity contribution is 0.669. The summed E-state index contributed by atoms with van der Waals surface area (Å²) >= 11 is 3.28. The first-order chi connectivity index (χ1) is 6.77. The molecule has 2 rings (SSSR count). The number of nitrogens with one attached hydrogen (secondary N) is 1. The molecule has 0 unspecified atom stereocenters. The fourth-order valence-corrected chi connectivity index (χ4v) is 3.29. The third-order valence-electron chi connectivity index (χ3n) is 2.21. The van der Waals surface area contributed by atoms with E-state index in [1.165, 1.54) is 0 Å². The van der Waals surface area contributed by atoms with Crippen LogP contribution in [-0.2, 0) is 10.8 Å². The quantitative estimate of drug-likeness (QED) is 0.828. The van der Waals surface area contributed by atoms with Gasteiger partial charge in [-0.3, -0.25) is 4.21 Å². The first kappa shape index (κ1) is 10.3. The SMILES string of the molecule is O=[S@@](c1cccc(Br)n1)[C@H]1CCNC1. The van der Waals surface area contributed by atoms with Crippen molar-refractivity contribution in [1.82, 2.24) is 10.3 Å². The van der Waals surface area contributed by atoms with Crippen LogP contribution in [0.1, 0.15) is 6.42 Å². The van der Waals surface area contributed by atoms with Gasteiger partial charge in [-0.15, -0.1) is 0 Å². The number of nitrogens with zero attached hydrogens (tertiary/aromatic N) is 1. The van der Waals surface area contributed by atoms with Crippen LogP contribution in [0.3, 0.4) is 0 Å². The van der Waals surface area contributed by atoms with E-state index in [0.29, 0.717) is 5.03 Å². The predicted molar refractivity (Wildman–Crippen MR) is 59.6 cm³/mol. The van der Waals surface area contributed by atoms with Crippen LogP contribution >= 0.6 is 15.9 Å². The molecule has 1 N–H and O–H groups in total. The number of hydrogen-bond acceptors (Lipinski definition) is 3. The van der Waals surface area contributed by atoms with Crippen molar-refractivity contribution in [2.24, 2.45) is 0 Å². The van der Waals surface area contributed by atoms with Gasteiger partial charge in [-0.25, -0.2) is 4.98 Å². The number of hydrogen-bond donors (Lipinski definition) is 1. The Morgan fingerprint density at radius 1 is 1.57 bits per heavy atom. The summed E-state index contributed by atoms with van der Waals surface area (Å²) in [6.07, 6.45) is 0.973. The second-order valence-corrected chi connectivity index (χ2v) is 5.70. The Morgan fingerprint density at radius 2 is 2.43 bits per heavy atom. The topological polar surface area (TPSA) is 42.0 Å². The van der Waals surface area contributed by atoms with Crippen molar-refractivity contribution in [3.05, 3.63) is 22.8 Å². The summed E-state index contributed by atoms with van der Waals surface area (Å²) in [6, 6.07) is 5.53. The van der Waals surface area contributed by atoms with Crippen LogP contribution < -0.4 is 5.32 Å². The van der Waals surface area contributed by atoms with Crippen molar-refractivity contribution >= 4 is 26.7 Å². The Balaban J connectivity index is 2.17. The maximum atomic E-state index is 12.0. The molecule has 1 aromatic heterocycles. The lowest BCUT2D eigenvalue weighted by atomic mass is 10.4. The Bertz CT molecular complexity index is 352. The molecule has 1 saturated heterocycles. The molecule has 1 fully saturated rings. The van der Waals surface area contributed by atoms with Crippen molar-refractivity contribution in [2.75, 3.05) is 13.1 Å². The van der Waals surface area contributed by atoms with Crippen molar-refractivity contribution in [2.45, 2.75) is 16.7 Å². The molecule has 2 heterocycles. The van der Waals surface area contributed by atoms with Gasteiger partial charge in [0.2, 0.25) is 0 Å². The van der Waals surface area contributed by atoms with Crippen LogP contribution in [0.25, 0.3) is 0 Å². The maximum Gasteiger partial charge on any atom is 0.128 e. The van der Waals surface area contributed by atoms with E-state index in [0.717, 1.165) is 24.1 Å². The zero-order valence-corrected chi connectivity index (χ0v) is 9.97. The van der Waals surface area contributed by atoms with Crippen LogP contribution in [0.4, 0.5) is 0 Å². The highest BCUT2D eigenvalue weighted by molar-refractivity contribution is 9.10. The molecule has 76 valence electrons. The van der Waals surface area contributed by atoms with Crippen molar-refractivity contribution in [3.63, 3.8) is 0 Å². The minimum absolute atomic E-state index is 0.219. The third kappa shape index (κ3) is 2.21. The molecule has 1 aliphatic heterocycles. The molecule has 0 spiro atoms. The summed E-state index contributed by atoms with van der Waals surface area (Å²) in [4.78, 5) is 4.21. The fraction of sp³-hybridized carbons (Fsp3) is 0.444. The molecule has 14 heavy (non-hydrogen) atoms. The summed E-state index contributed by atoms with van der Waals surface area (Å²) in [5, 5.41) is 4.10. The predicted octanol–water partition coefficient (Wildman–Crippen LogP) is 1.31. The second-order valence-electron chi connectivity index (χ2n) is 3.21. The zero-order valence-electron chi connectivity index (χ0n) is 7.57. The summed E-state index contributed by atoms with van der Waals surface area (Å²) in [7, 11) is -0.973. The van der Waals surface area contributed by atoms with E-state index in [-0.39, 0.29) is 5.25 Å². The van der Waals surface area contributed by atoms with Gasteiger partial charge >= 0.3 is 0 Å². The van der Waals surface area contributed by atoms with Gasteiger partial charge in [0.25, 0.3) is 0 Å². The van der Waals surface area contributed by atoms with Gasteiger partial charge in [0, 0.05) is 6.54 Å². The zero-order chi connectivity index (χ0) is 9.97. The highest BCUT2D eigenvalue weighted by atomic mass is 79.9. The van der Waals surface area contributed by atoms with E-state index in [9.17, 15) is 4.21 Å². The van der Waals surface area contributed by atoms with E-state index < -0.39 is 10.8 Å². The minimum Gasteiger partial charge on any atom is -0.315 e. The summed E-state index contributed by atoms with van der Waals surface area (Å²) in [6.45, 7) is 1.80. The molecule has 3 nitrogen and oxygen atoms in total. The fourth-order valence-electron chi connectivity index (χ4n) is 1.48. The summed E-state index contributed by atoms with van der Waals surface area (Å²) < 4.78 is 12.7. The summed E-state index contributed by atoms with van der Waals surface area (Å²) in [5.41, 5.74) is 0. The lowest BCUT2D eigenvalue weighted by Crippen LogP contribution is -2.19. The third-order valence-corrected chi connectivity index (χ3v) is 4.30. The maximum absolute atomic E-state index is 12.0. The van der Waals surface area contributed by atoms with Crippen LogP contribution in [-0.4, -0.2) is 27.5 Å². The monoisotopic (exact) mass is 274 g/mol. The highest BCUT2D eigenvalue weighted by Gasteiger charge is 2.23. The molecular formula is C9H11BrN2OS. The Kier molecular flexibility index (Phi) is 3.30. The van der Waals surface area contributed by atoms with Crippen LogP contribution in [0, 0.1) is 0 Å². The number of aromatic nitrogens is 1. The Hall–Kier alpha value is -0.260. The van der Waals surface area contributed by atoms with E-state index in [1.54, 1.807) is 0 Å². The normalized spacial score (nSPS) is 23.6. The van der Waals surface area contributed by atoms with Gasteiger partial charge in [-0.1, -0.05) is 6.07 Å². The Labute approximate surface area is 93.9 Å². The second kappa shape index (κ2) is 4.51. The number of rotatable bonds is 2. The molecular weight excluding hydrogens is 264 g/mol. The smallest absolute Gasteiger partial charge is 0.128 e. The molecule has 0 radical (unpaired) electrons. The number of halogens is 1. The van der Waals surface area contributed by atoms with Crippen LogP contribution in [0.2, 0.25) is 0 Å². The largest absolute Gasteiger partial charge is 0.315 e. The number of pyridine rings is 1. The molecule has 1 aromatic rings. The molecule has 0 amide bonds. The van der Waals surface area contributed by atoms with Crippen molar-refractivity contribution in [3.8, 4) is 0 Å². The lowest BCUT2D eigenvalue weighted by Gasteiger charge is -2.07. The first-order valence-corrected chi connectivity index (χ1v) is 6.52. The van der Waals surface area contributed by atoms with Gasteiger partial charge in [-0.2, -0.15) is 0 Å². The van der Waals surface area contributed by atoms with Crippen LogP contribution in [0.15, 0.2) is 27.8 Å². The van der Waals surface area contributed by atoms with E-state index in [1.807, 2.05) is 18.2 Å². The van der Waals surface area contributed by atoms with Gasteiger partial charge in [0.15, 0.2) is 0 Å². The van der Waals surface area contributed by atoms with Crippen molar-refractivity contribution in [1.29, 1.82) is 0 Å². The van der Waals surface area contributed by atoms with Crippen LogP contribution in [0.5, 0.6) is 0 Å². The summed E-state index contributed by atoms with van der Waals surface area (Å²) in [5.74, 6) is 0. The van der Waals surface area contributed by atoms with Gasteiger partial charge in [-0.05, 0) is 41.0 Å². The van der Waals surface area contributed by atoms with E-state index in [2.05, 4.69) is 26.2 Å². The molecule has 0 saturated carbocycles. The first-order valence-electron chi connectivity index (χ1n) is 4.51. The molecule has 0 aliphatic carbocycles. The van der Waals surface area contributed by atoms with Gasteiger partial charge in [0.1, 0.15) is 9.63 Å². The van der Waals surface area contributed by atoms with E-state index in [4.69, 9.17) is 0 Å². The van der Waals surface area contributed by atoms with Crippen molar-refractivity contribution < 1.29 is 4.21 Å². The molecule has 5 heteroatoms. The average molecular weight is 275 g/mol. The minimum atomic E-state index is -0.973. The van der Waals surface area contributed by atoms with E-state index >= 15 is 0 Å². The Morgan fingerprint density at radius 3 is 3.07 bits per heavy atom. The standard InChI is InChI=1S/C9H11BrN2OS/c10-8-2-1-3-9(12-8)14(13)7-4-5-11-6-7/h1-3,7,11H,4-6H2/t7-,14+/m0/s1.